The van der Waals surface area contributed by atoms with E-state index in [1.165, 1.54) is 17.5 Å². The maximum Gasteiger partial charge on any atom is 0.0621 e. The van der Waals surface area contributed by atoms with Crippen LogP contribution in [0.3, 0.4) is 0 Å². The van der Waals surface area contributed by atoms with E-state index in [9.17, 15) is 0 Å². The van der Waals surface area contributed by atoms with Crippen molar-refractivity contribution in [2.45, 2.75) is 32.1 Å². The molecule has 0 unspecified atom stereocenters. The molecule has 0 saturated heterocycles. The van der Waals surface area contributed by atoms with Gasteiger partial charge in [0.1, 0.15) is 0 Å². The standard InChI is InChI=1S/C13H15N/c1-10-9-11-5-2-3-6-13(11)12(10)7-4-8-14/h2-3,5-6,10,12H,4,7,9H2,1H3/t10-,12+/m1/s1. The average molecular weight is 185 g/mol. The van der Waals surface area contributed by atoms with E-state index in [-0.39, 0.29) is 0 Å². The summed E-state index contributed by atoms with van der Waals surface area (Å²) in [5, 5.41) is 8.61. The van der Waals surface area contributed by atoms with Crippen molar-refractivity contribution in [2.24, 2.45) is 5.92 Å². The monoisotopic (exact) mass is 185 g/mol. The quantitative estimate of drug-likeness (QED) is 0.693. The summed E-state index contributed by atoms with van der Waals surface area (Å²) in [4.78, 5) is 0. The van der Waals surface area contributed by atoms with Crippen LogP contribution in [0.25, 0.3) is 0 Å². The third-order valence-electron chi connectivity index (χ3n) is 3.25. The Kier molecular flexibility index (Phi) is 2.54. The Balaban J connectivity index is 2.22. The lowest BCUT2D eigenvalue weighted by molar-refractivity contribution is 0.475. The van der Waals surface area contributed by atoms with Crippen LogP contribution < -0.4 is 0 Å². The average Bonchev–Trinajstić information content (AvgIpc) is 2.51. The first-order valence-electron chi connectivity index (χ1n) is 5.27. The predicted molar refractivity (Wildman–Crippen MR) is 56.9 cm³/mol. The van der Waals surface area contributed by atoms with E-state index >= 15 is 0 Å². The highest BCUT2D eigenvalue weighted by Crippen LogP contribution is 2.40. The minimum Gasteiger partial charge on any atom is -0.198 e. The number of fused-ring (bicyclic) bond motifs is 1. The van der Waals surface area contributed by atoms with Crippen molar-refractivity contribution in [2.75, 3.05) is 0 Å². The minimum atomic E-state index is 0.617. The van der Waals surface area contributed by atoms with Gasteiger partial charge in [-0.15, -0.1) is 0 Å². The van der Waals surface area contributed by atoms with Gasteiger partial charge in [0.05, 0.1) is 6.07 Å². The molecule has 0 fully saturated rings. The first-order valence-corrected chi connectivity index (χ1v) is 5.27. The van der Waals surface area contributed by atoms with Gasteiger partial charge in [0.15, 0.2) is 0 Å². The lowest BCUT2D eigenvalue weighted by atomic mass is 9.90. The van der Waals surface area contributed by atoms with E-state index in [2.05, 4.69) is 37.3 Å². The molecule has 72 valence electrons. The van der Waals surface area contributed by atoms with Gasteiger partial charge in [0, 0.05) is 6.42 Å². The van der Waals surface area contributed by atoms with E-state index in [0.717, 1.165) is 6.42 Å². The highest BCUT2D eigenvalue weighted by Gasteiger charge is 2.28. The Morgan fingerprint density at radius 1 is 1.43 bits per heavy atom. The highest BCUT2D eigenvalue weighted by atomic mass is 14.3. The van der Waals surface area contributed by atoms with Crippen LogP contribution in [-0.2, 0) is 6.42 Å². The Morgan fingerprint density at radius 3 is 3.00 bits per heavy atom. The van der Waals surface area contributed by atoms with Crippen LogP contribution in [0.5, 0.6) is 0 Å². The molecule has 0 saturated carbocycles. The van der Waals surface area contributed by atoms with Crippen LogP contribution in [0.2, 0.25) is 0 Å². The Morgan fingerprint density at radius 2 is 2.21 bits per heavy atom. The van der Waals surface area contributed by atoms with Crippen molar-refractivity contribution in [3.8, 4) is 6.07 Å². The van der Waals surface area contributed by atoms with E-state index in [1.807, 2.05) is 0 Å². The second-order valence-electron chi connectivity index (χ2n) is 4.18. The molecule has 0 radical (unpaired) electrons. The Hall–Kier alpha value is -1.29. The minimum absolute atomic E-state index is 0.617. The number of hydrogen-bond donors (Lipinski definition) is 0. The summed E-state index contributed by atoms with van der Waals surface area (Å²) >= 11 is 0. The Labute approximate surface area is 85.4 Å². The second kappa shape index (κ2) is 3.84. The molecule has 0 spiro atoms. The smallest absolute Gasteiger partial charge is 0.0621 e. The van der Waals surface area contributed by atoms with Crippen LogP contribution in [0.4, 0.5) is 0 Å². The van der Waals surface area contributed by atoms with Gasteiger partial charge in [0.2, 0.25) is 0 Å². The number of hydrogen-bond acceptors (Lipinski definition) is 1. The van der Waals surface area contributed by atoms with Crippen molar-refractivity contribution >= 4 is 0 Å². The van der Waals surface area contributed by atoms with Gasteiger partial charge in [-0.3, -0.25) is 0 Å². The largest absolute Gasteiger partial charge is 0.198 e. The summed E-state index contributed by atoms with van der Waals surface area (Å²) in [5.74, 6) is 1.33. The van der Waals surface area contributed by atoms with Gasteiger partial charge in [-0.25, -0.2) is 0 Å². The number of nitrogens with zero attached hydrogens (tertiary/aromatic N) is 1. The molecule has 0 aromatic heterocycles. The topological polar surface area (TPSA) is 23.8 Å². The molecule has 0 amide bonds. The van der Waals surface area contributed by atoms with Crippen molar-refractivity contribution in [3.05, 3.63) is 35.4 Å². The van der Waals surface area contributed by atoms with Gasteiger partial charge >= 0.3 is 0 Å². The van der Waals surface area contributed by atoms with Crippen molar-refractivity contribution < 1.29 is 0 Å². The molecule has 1 aliphatic rings. The molecule has 1 heteroatoms. The highest BCUT2D eigenvalue weighted by molar-refractivity contribution is 5.35. The first kappa shape index (κ1) is 9.27. The third-order valence-corrected chi connectivity index (χ3v) is 3.25. The molecule has 1 nitrogen and oxygen atoms in total. The zero-order chi connectivity index (χ0) is 9.97. The molecule has 1 aromatic carbocycles. The van der Waals surface area contributed by atoms with Crippen LogP contribution in [0.1, 0.15) is 36.8 Å². The van der Waals surface area contributed by atoms with Crippen LogP contribution in [-0.4, -0.2) is 0 Å². The fourth-order valence-electron chi connectivity index (χ4n) is 2.54. The van der Waals surface area contributed by atoms with Crippen molar-refractivity contribution in [1.82, 2.24) is 0 Å². The molecule has 2 rings (SSSR count). The van der Waals surface area contributed by atoms with E-state index in [1.54, 1.807) is 0 Å². The van der Waals surface area contributed by atoms with Gasteiger partial charge in [-0.2, -0.15) is 5.26 Å². The molecule has 0 bridgehead atoms. The molecule has 14 heavy (non-hydrogen) atoms. The fraction of sp³-hybridized carbons (Fsp3) is 0.462. The molecule has 2 atom stereocenters. The van der Waals surface area contributed by atoms with Gasteiger partial charge in [-0.05, 0) is 35.8 Å². The van der Waals surface area contributed by atoms with Gasteiger partial charge < -0.3 is 0 Å². The fourth-order valence-corrected chi connectivity index (χ4v) is 2.54. The second-order valence-corrected chi connectivity index (χ2v) is 4.18. The van der Waals surface area contributed by atoms with E-state index in [4.69, 9.17) is 5.26 Å². The maximum absolute atomic E-state index is 8.61. The zero-order valence-corrected chi connectivity index (χ0v) is 8.53. The molecular weight excluding hydrogens is 170 g/mol. The van der Waals surface area contributed by atoms with Crippen LogP contribution >= 0.6 is 0 Å². The lowest BCUT2D eigenvalue weighted by Gasteiger charge is -2.14. The van der Waals surface area contributed by atoms with Crippen LogP contribution in [0, 0.1) is 17.2 Å². The van der Waals surface area contributed by atoms with Gasteiger partial charge in [-0.1, -0.05) is 31.2 Å². The summed E-state index contributed by atoms with van der Waals surface area (Å²) in [5.41, 5.74) is 2.97. The molecule has 1 aliphatic carbocycles. The van der Waals surface area contributed by atoms with Crippen molar-refractivity contribution in [3.63, 3.8) is 0 Å². The maximum atomic E-state index is 8.61. The summed E-state index contributed by atoms with van der Waals surface area (Å²) in [6, 6.07) is 10.9. The number of rotatable bonds is 2. The number of nitriles is 1. The Bertz CT molecular complexity index is 362. The number of benzene rings is 1. The molecular formula is C13H15N. The summed E-state index contributed by atoms with van der Waals surface area (Å²) in [6.07, 6.45) is 2.89. The predicted octanol–water partition coefficient (Wildman–Crippen LogP) is 3.27. The summed E-state index contributed by atoms with van der Waals surface area (Å²) in [7, 11) is 0. The lowest BCUT2D eigenvalue weighted by Crippen LogP contribution is -2.02. The molecule has 1 aromatic rings. The normalized spacial score (nSPS) is 24.3. The third kappa shape index (κ3) is 1.53. The molecule has 0 aliphatic heterocycles. The summed E-state index contributed by atoms with van der Waals surface area (Å²) in [6.45, 7) is 2.29. The van der Waals surface area contributed by atoms with Gasteiger partial charge in [0.25, 0.3) is 0 Å². The molecule has 0 N–H and O–H groups in total. The van der Waals surface area contributed by atoms with E-state index < -0.39 is 0 Å². The zero-order valence-electron chi connectivity index (χ0n) is 8.53. The SMILES string of the molecule is C[C@@H]1Cc2ccccc2[C@H]1CCC#N. The van der Waals surface area contributed by atoms with Crippen molar-refractivity contribution in [1.29, 1.82) is 5.26 Å². The molecule has 0 heterocycles. The van der Waals surface area contributed by atoms with E-state index in [0.29, 0.717) is 18.3 Å². The van der Waals surface area contributed by atoms with Crippen LogP contribution in [0.15, 0.2) is 24.3 Å². The summed E-state index contributed by atoms with van der Waals surface area (Å²) < 4.78 is 0. The first-order chi connectivity index (χ1) is 6.83.